The fourth-order valence-corrected chi connectivity index (χ4v) is 0.930. The smallest absolute Gasteiger partial charge is 0.174 e. The van der Waals surface area contributed by atoms with Crippen LogP contribution in [0.1, 0.15) is 5.56 Å². The van der Waals surface area contributed by atoms with Gasteiger partial charge in [-0.3, -0.25) is 0 Å². The highest BCUT2D eigenvalue weighted by atomic mass is 19.1. The van der Waals surface area contributed by atoms with Gasteiger partial charge in [0.2, 0.25) is 0 Å². The molecule has 0 saturated heterocycles. The van der Waals surface area contributed by atoms with Gasteiger partial charge in [0.25, 0.3) is 0 Å². The molecule has 0 fully saturated rings. The van der Waals surface area contributed by atoms with E-state index < -0.39 is 23.8 Å². The molecule has 0 radical (unpaired) electrons. The SMILES string of the molecule is N#CCOc1cc(F)c(CO)c(F)c1. The molecule has 0 unspecified atom stereocenters. The number of rotatable bonds is 3. The maximum absolute atomic E-state index is 13.0. The Bertz CT molecular complexity index is 351. The van der Waals surface area contributed by atoms with Crippen molar-refractivity contribution in [2.75, 3.05) is 6.61 Å². The van der Waals surface area contributed by atoms with E-state index in [1.54, 1.807) is 6.07 Å². The third-order valence-corrected chi connectivity index (χ3v) is 1.58. The van der Waals surface area contributed by atoms with Crippen LogP contribution in [0.4, 0.5) is 8.78 Å². The van der Waals surface area contributed by atoms with Gasteiger partial charge >= 0.3 is 0 Å². The Kier molecular flexibility index (Phi) is 3.37. The molecule has 0 amide bonds. The van der Waals surface area contributed by atoms with Crippen molar-refractivity contribution in [2.45, 2.75) is 6.61 Å². The van der Waals surface area contributed by atoms with Crippen LogP contribution in [0.3, 0.4) is 0 Å². The number of aliphatic hydroxyl groups excluding tert-OH is 1. The molecular weight excluding hydrogens is 192 g/mol. The average molecular weight is 199 g/mol. The molecule has 0 bridgehead atoms. The fourth-order valence-electron chi connectivity index (χ4n) is 0.930. The topological polar surface area (TPSA) is 53.2 Å². The zero-order chi connectivity index (χ0) is 10.6. The van der Waals surface area contributed by atoms with Gasteiger partial charge in [-0.25, -0.2) is 8.78 Å². The second-order valence-corrected chi connectivity index (χ2v) is 2.47. The van der Waals surface area contributed by atoms with Gasteiger partial charge in [0, 0.05) is 17.7 Å². The highest BCUT2D eigenvalue weighted by Crippen LogP contribution is 2.20. The first-order valence-corrected chi connectivity index (χ1v) is 3.77. The highest BCUT2D eigenvalue weighted by molar-refractivity contribution is 5.30. The number of nitriles is 1. The van der Waals surface area contributed by atoms with Gasteiger partial charge in [0.15, 0.2) is 6.61 Å². The maximum Gasteiger partial charge on any atom is 0.174 e. The van der Waals surface area contributed by atoms with Crippen LogP contribution in [0.5, 0.6) is 5.75 Å². The minimum absolute atomic E-state index is 0.0706. The van der Waals surface area contributed by atoms with E-state index in [0.717, 1.165) is 12.1 Å². The lowest BCUT2D eigenvalue weighted by Crippen LogP contribution is -1.99. The molecule has 0 aliphatic heterocycles. The molecule has 0 atom stereocenters. The molecule has 0 heterocycles. The molecule has 3 nitrogen and oxygen atoms in total. The lowest BCUT2D eigenvalue weighted by atomic mass is 10.2. The number of benzene rings is 1. The van der Waals surface area contributed by atoms with Crippen molar-refractivity contribution in [3.8, 4) is 11.8 Å². The van der Waals surface area contributed by atoms with E-state index in [4.69, 9.17) is 15.1 Å². The molecule has 0 spiro atoms. The van der Waals surface area contributed by atoms with Crippen LogP contribution in [-0.2, 0) is 6.61 Å². The Balaban J connectivity index is 2.97. The predicted molar refractivity (Wildman–Crippen MR) is 43.4 cm³/mol. The lowest BCUT2D eigenvalue weighted by molar-refractivity contribution is 0.267. The molecule has 0 aliphatic rings. The number of halogens is 2. The van der Waals surface area contributed by atoms with E-state index in [1.165, 1.54) is 0 Å². The van der Waals surface area contributed by atoms with Gasteiger partial charge in [0.05, 0.1) is 6.61 Å². The minimum atomic E-state index is -0.888. The summed E-state index contributed by atoms with van der Waals surface area (Å²) in [5, 5.41) is 16.8. The first kappa shape index (κ1) is 10.4. The van der Waals surface area contributed by atoms with Gasteiger partial charge in [-0.2, -0.15) is 5.26 Å². The second kappa shape index (κ2) is 4.53. The summed E-state index contributed by atoms with van der Waals surface area (Å²) >= 11 is 0. The Labute approximate surface area is 79.2 Å². The molecule has 1 rings (SSSR count). The summed E-state index contributed by atoms with van der Waals surface area (Å²) in [5.74, 6) is -1.85. The number of nitrogens with zero attached hydrogens (tertiary/aromatic N) is 1. The Hall–Kier alpha value is -1.67. The molecule has 0 aliphatic carbocycles. The van der Waals surface area contributed by atoms with Crippen LogP contribution in [0.2, 0.25) is 0 Å². The van der Waals surface area contributed by atoms with Gasteiger partial charge in [-0.1, -0.05) is 0 Å². The zero-order valence-electron chi connectivity index (χ0n) is 7.13. The van der Waals surface area contributed by atoms with E-state index in [0.29, 0.717) is 0 Å². The van der Waals surface area contributed by atoms with Gasteiger partial charge in [-0.05, 0) is 0 Å². The minimum Gasteiger partial charge on any atom is -0.479 e. The number of ether oxygens (including phenoxy) is 1. The average Bonchev–Trinajstić information content (AvgIpc) is 2.14. The van der Waals surface area contributed by atoms with Crippen LogP contribution in [0.25, 0.3) is 0 Å². The molecule has 0 aromatic heterocycles. The normalized spacial score (nSPS) is 9.57. The maximum atomic E-state index is 13.0. The van der Waals surface area contributed by atoms with Gasteiger partial charge in [-0.15, -0.1) is 0 Å². The summed E-state index contributed by atoms with van der Waals surface area (Å²) in [4.78, 5) is 0. The number of aliphatic hydroxyl groups is 1. The summed E-state index contributed by atoms with van der Waals surface area (Å²) in [7, 11) is 0. The summed E-state index contributed by atoms with van der Waals surface area (Å²) in [5.41, 5.74) is -0.408. The molecule has 1 N–H and O–H groups in total. The third kappa shape index (κ3) is 2.18. The lowest BCUT2D eigenvalue weighted by Gasteiger charge is -2.05. The van der Waals surface area contributed by atoms with Crippen LogP contribution < -0.4 is 4.74 Å². The first-order chi connectivity index (χ1) is 6.69. The van der Waals surface area contributed by atoms with E-state index in [9.17, 15) is 8.78 Å². The Morgan fingerprint density at radius 1 is 1.36 bits per heavy atom. The molecule has 74 valence electrons. The summed E-state index contributed by atoms with van der Waals surface area (Å²) in [6.45, 7) is -0.993. The summed E-state index contributed by atoms with van der Waals surface area (Å²) in [6.07, 6.45) is 0. The van der Waals surface area contributed by atoms with Crippen LogP contribution in [0.15, 0.2) is 12.1 Å². The van der Waals surface area contributed by atoms with Crippen molar-refractivity contribution >= 4 is 0 Å². The predicted octanol–water partition coefficient (Wildman–Crippen LogP) is 1.36. The first-order valence-electron chi connectivity index (χ1n) is 3.77. The summed E-state index contributed by atoms with van der Waals surface area (Å²) < 4.78 is 30.6. The van der Waals surface area contributed by atoms with Crippen molar-refractivity contribution in [3.05, 3.63) is 29.3 Å². The Morgan fingerprint density at radius 3 is 2.36 bits per heavy atom. The standard InChI is InChI=1S/C9H7F2NO2/c10-8-3-6(14-2-1-12)4-9(11)7(8)5-13/h3-4,13H,2,5H2. The van der Waals surface area contributed by atoms with Gasteiger partial charge < -0.3 is 9.84 Å². The third-order valence-electron chi connectivity index (χ3n) is 1.58. The quantitative estimate of drug-likeness (QED) is 0.799. The summed E-state index contributed by atoms with van der Waals surface area (Å²) in [6, 6.07) is 3.51. The van der Waals surface area contributed by atoms with Crippen molar-refractivity contribution in [3.63, 3.8) is 0 Å². The van der Waals surface area contributed by atoms with Crippen molar-refractivity contribution < 1.29 is 18.6 Å². The van der Waals surface area contributed by atoms with Crippen LogP contribution in [-0.4, -0.2) is 11.7 Å². The highest BCUT2D eigenvalue weighted by Gasteiger charge is 2.10. The molecule has 5 heteroatoms. The fraction of sp³-hybridized carbons (Fsp3) is 0.222. The van der Waals surface area contributed by atoms with Crippen LogP contribution in [0, 0.1) is 23.0 Å². The number of hydrogen-bond acceptors (Lipinski definition) is 3. The molecule has 1 aromatic carbocycles. The Morgan fingerprint density at radius 2 is 1.93 bits per heavy atom. The van der Waals surface area contributed by atoms with E-state index >= 15 is 0 Å². The second-order valence-electron chi connectivity index (χ2n) is 2.47. The van der Waals surface area contributed by atoms with Crippen molar-refractivity contribution in [1.82, 2.24) is 0 Å². The molecular formula is C9H7F2NO2. The largest absolute Gasteiger partial charge is 0.479 e. The van der Waals surface area contributed by atoms with Crippen LogP contribution >= 0.6 is 0 Å². The molecule has 0 saturated carbocycles. The van der Waals surface area contributed by atoms with Crippen molar-refractivity contribution in [2.24, 2.45) is 0 Å². The zero-order valence-corrected chi connectivity index (χ0v) is 7.13. The number of hydrogen-bond donors (Lipinski definition) is 1. The molecule has 1 aromatic rings. The van der Waals surface area contributed by atoms with E-state index in [1.807, 2.05) is 0 Å². The monoisotopic (exact) mass is 199 g/mol. The van der Waals surface area contributed by atoms with Gasteiger partial charge in [0.1, 0.15) is 23.5 Å². The molecule has 14 heavy (non-hydrogen) atoms. The van der Waals surface area contributed by atoms with Crippen molar-refractivity contribution in [1.29, 1.82) is 5.26 Å². The van der Waals surface area contributed by atoms with E-state index in [-0.39, 0.29) is 12.4 Å². The van der Waals surface area contributed by atoms with E-state index in [2.05, 4.69) is 0 Å².